The maximum atomic E-state index is 11.2. The van der Waals surface area contributed by atoms with Crippen LogP contribution in [0, 0.1) is 0 Å². The smallest absolute Gasteiger partial charge is 0.307 e. The number of carboxylic acid groups (broad SMARTS) is 1. The molecular weight excluding hydrogens is 353 g/mol. The summed E-state index contributed by atoms with van der Waals surface area (Å²) in [5, 5.41) is 10.9. The Kier molecular flexibility index (Phi) is 4.66. The first-order valence-corrected chi connectivity index (χ1v) is 8.33. The molecule has 1 N–H and O–H groups in total. The number of nitrogens with zero attached hydrogens (tertiary/aromatic N) is 1. The lowest BCUT2D eigenvalue weighted by molar-refractivity contribution is -0.135. The average Bonchev–Trinajstić information content (AvgIpc) is 2.92. The van der Waals surface area contributed by atoms with Gasteiger partial charge in [-0.05, 0) is 41.5 Å². The number of para-hydroxylation sites is 1. The van der Waals surface area contributed by atoms with Crippen molar-refractivity contribution in [3.05, 3.63) is 63.1 Å². The van der Waals surface area contributed by atoms with Gasteiger partial charge >= 0.3 is 5.97 Å². The van der Waals surface area contributed by atoms with Crippen molar-refractivity contribution in [1.82, 2.24) is 4.98 Å². The SMILES string of the molecule is O=C(O)C/C(=C/c1ccc(Cl)cc1Cl)c1nc2ccccc2s1. The van der Waals surface area contributed by atoms with E-state index in [1.165, 1.54) is 11.3 Å². The van der Waals surface area contributed by atoms with Crippen molar-refractivity contribution in [2.24, 2.45) is 0 Å². The molecule has 3 rings (SSSR count). The molecule has 6 heteroatoms. The van der Waals surface area contributed by atoms with E-state index in [1.807, 2.05) is 24.3 Å². The summed E-state index contributed by atoms with van der Waals surface area (Å²) in [6.07, 6.45) is 1.63. The molecule has 0 amide bonds. The Morgan fingerprint density at radius 1 is 1.22 bits per heavy atom. The highest BCUT2D eigenvalue weighted by molar-refractivity contribution is 7.19. The monoisotopic (exact) mass is 363 g/mol. The molecule has 0 aliphatic carbocycles. The Morgan fingerprint density at radius 2 is 2.00 bits per heavy atom. The van der Waals surface area contributed by atoms with Gasteiger partial charge in [0.15, 0.2) is 0 Å². The molecule has 0 bridgehead atoms. The average molecular weight is 364 g/mol. The first-order valence-electron chi connectivity index (χ1n) is 6.76. The number of hydrogen-bond acceptors (Lipinski definition) is 3. The Morgan fingerprint density at radius 3 is 2.70 bits per heavy atom. The van der Waals surface area contributed by atoms with Gasteiger partial charge in [0.05, 0.1) is 16.6 Å². The standard InChI is InChI=1S/C17H11Cl2NO2S/c18-12-6-5-10(13(19)9-12)7-11(8-16(21)22)17-20-14-3-1-2-4-15(14)23-17/h1-7,9H,8H2,(H,21,22)/b11-7-. The van der Waals surface area contributed by atoms with Gasteiger partial charge in [0.1, 0.15) is 5.01 Å². The predicted octanol–water partition coefficient (Wildman–Crippen LogP) is 5.62. The van der Waals surface area contributed by atoms with Crippen LogP contribution in [-0.2, 0) is 4.79 Å². The summed E-state index contributed by atoms with van der Waals surface area (Å²) in [6, 6.07) is 12.8. The summed E-state index contributed by atoms with van der Waals surface area (Å²) < 4.78 is 1.01. The summed E-state index contributed by atoms with van der Waals surface area (Å²) >= 11 is 13.5. The Balaban J connectivity index is 2.09. The highest BCUT2D eigenvalue weighted by atomic mass is 35.5. The zero-order valence-corrected chi connectivity index (χ0v) is 14.1. The largest absolute Gasteiger partial charge is 0.481 e. The van der Waals surface area contributed by atoms with Crippen LogP contribution in [0.15, 0.2) is 42.5 Å². The zero-order valence-electron chi connectivity index (χ0n) is 11.8. The first kappa shape index (κ1) is 16.0. The molecule has 0 saturated carbocycles. The van der Waals surface area contributed by atoms with E-state index in [0.717, 1.165) is 10.2 Å². The maximum Gasteiger partial charge on any atom is 0.307 e. The van der Waals surface area contributed by atoms with Crippen LogP contribution in [0.4, 0.5) is 0 Å². The lowest BCUT2D eigenvalue weighted by Crippen LogP contribution is -1.97. The van der Waals surface area contributed by atoms with Gasteiger partial charge in [0.2, 0.25) is 0 Å². The van der Waals surface area contributed by atoms with E-state index in [0.29, 0.717) is 26.2 Å². The minimum absolute atomic E-state index is 0.126. The lowest BCUT2D eigenvalue weighted by atomic mass is 10.1. The van der Waals surface area contributed by atoms with Gasteiger partial charge in [-0.2, -0.15) is 0 Å². The van der Waals surface area contributed by atoms with E-state index in [2.05, 4.69) is 4.98 Å². The summed E-state index contributed by atoms with van der Waals surface area (Å²) in [7, 11) is 0. The number of rotatable bonds is 4. The van der Waals surface area contributed by atoms with Crippen molar-refractivity contribution in [1.29, 1.82) is 0 Å². The number of aliphatic carboxylic acids is 1. The maximum absolute atomic E-state index is 11.2. The van der Waals surface area contributed by atoms with Crippen molar-refractivity contribution < 1.29 is 9.90 Å². The molecular formula is C17H11Cl2NO2S. The van der Waals surface area contributed by atoms with Crippen LogP contribution < -0.4 is 0 Å². The normalized spacial score (nSPS) is 11.8. The molecule has 1 heterocycles. The van der Waals surface area contributed by atoms with Crippen molar-refractivity contribution >= 4 is 62.4 Å². The molecule has 0 radical (unpaired) electrons. The molecule has 3 nitrogen and oxygen atoms in total. The van der Waals surface area contributed by atoms with Crippen molar-refractivity contribution in [3.8, 4) is 0 Å². The number of halogens is 2. The Hall–Kier alpha value is -1.88. The molecule has 0 fully saturated rings. The zero-order chi connectivity index (χ0) is 16.4. The molecule has 23 heavy (non-hydrogen) atoms. The van der Waals surface area contributed by atoms with Gasteiger partial charge < -0.3 is 5.11 Å². The summed E-state index contributed by atoms with van der Waals surface area (Å²) in [5.41, 5.74) is 2.18. The highest BCUT2D eigenvalue weighted by Gasteiger charge is 2.13. The number of hydrogen-bond donors (Lipinski definition) is 1. The number of carboxylic acids is 1. The third-order valence-corrected chi connectivity index (χ3v) is 4.88. The van der Waals surface area contributed by atoms with Gasteiger partial charge in [-0.25, -0.2) is 4.98 Å². The third-order valence-electron chi connectivity index (χ3n) is 3.20. The quantitative estimate of drug-likeness (QED) is 0.654. The van der Waals surface area contributed by atoms with E-state index in [1.54, 1.807) is 24.3 Å². The van der Waals surface area contributed by atoms with Crippen LogP contribution in [0.2, 0.25) is 10.0 Å². The first-order chi connectivity index (χ1) is 11.0. The van der Waals surface area contributed by atoms with Gasteiger partial charge in [-0.15, -0.1) is 11.3 Å². The molecule has 2 aromatic carbocycles. The molecule has 0 aliphatic heterocycles. The van der Waals surface area contributed by atoms with E-state index in [9.17, 15) is 9.90 Å². The molecule has 0 unspecified atom stereocenters. The molecule has 116 valence electrons. The third kappa shape index (κ3) is 3.72. The second kappa shape index (κ2) is 6.71. The lowest BCUT2D eigenvalue weighted by Gasteiger charge is -2.04. The second-order valence-corrected chi connectivity index (χ2v) is 6.77. The van der Waals surface area contributed by atoms with Gasteiger partial charge in [0, 0.05) is 10.0 Å². The molecule has 0 saturated heterocycles. The predicted molar refractivity (Wildman–Crippen MR) is 96.2 cm³/mol. The van der Waals surface area contributed by atoms with Crippen LogP contribution >= 0.6 is 34.5 Å². The fourth-order valence-corrected chi connectivity index (χ4v) is 3.61. The number of carbonyl (C=O) groups is 1. The number of aromatic nitrogens is 1. The van der Waals surface area contributed by atoms with Crippen molar-refractivity contribution in [2.45, 2.75) is 6.42 Å². The van der Waals surface area contributed by atoms with Crippen LogP contribution in [0.1, 0.15) is 17.0 Å². The van der Waals surface area contributed by atoms with Crippen molar-refractivity contribution in [2.75, 3.05) is 0 Å². The molecule has 0 atom stereocenters. The van der Waals surface area contributed by atoms with Crippen LogP contribution in [0.5, 0.6) is 0 Å². The molecule has 3 aromatic rings. The van der Waals surface area contributed by atoms with Gasteiger partial charge in [-0.1, -0.05) is 41.4 Å². The minimum atomic E-state index is -0.916. The molecule has 0 aliphatic rings. The summed E-state index contributed by atoms with van der Waals surface area (Å²) in [6.45, 7) is 0. The molecule has 1 aromatic heterocycles. The topological polar surface area (TPSA) is 50.2 Å². The Bertz CT molecular complexity index is 885. The van der Waals surface area contributed by atoms with E-state index >= 15 is 0 Å². The highest BCUT2D eigenvalue weighted by Crippen LogP contribution is 2.32. The van der Waals surface area contributed by atoms with Crippen LogP contribution in [0.25, 0.3) is 21.9 Å². The summed E-state index contributed by atoms with van der Waals surface area (Å²) in [5.74, 6) is -0.916. The van der Waals surface area contributed by atoms with E-state index < -0.39 is 5.97 Å². The number of benzene rings is 2. The van der Waals surface area contributed by atoms with Crippen LogP contribution in [-0.4, -0.2) is 16.1 Å². The second-order valence-electron chi connectivity index (χ2n) is 4.89. The van der Waals surface area contributed by atoms with E-state index in [-0.39, 0.29) is 6.42 Å². The fourth-order valence-electron chi connectivity index (χ4n) is 2.17. The fraction of sp³-hybridized carbons (Fsp3) is 0.0588. The summed E-state index contributed by atoms with van der Waals surface area (Å²) in [4.78, 5) is 15.7. The number of thiazole rings is 1. The number of fused-ring (bicyclic) bond motifs is 1. The van der Waals surface area contributed by atoms with Crippen molar-refractivity contribution in [3.63, 3.8) is 0 Å². The van der Waals surface area contributed by atoms with E-state index in [4.69, 9.17) is 23.2 Å². The van der Waals surface area contributed by atoms with Crippen LogP contribution in [0.3, 0.4) is 0 Å². The molecule has 0 spiro atoms. The van der Waals surface area contributed by atoms with Gasteiger partial charge in [0.25, 0.3) is 0 Å². The minimum Gasteiger partial charge on any atom is -0.481 e. The van der Waals surface area contributed by atoms with Gasteiger partial charge in [-0.3, -0.25) is 4.79 Å². The Labute approximate surface area is 146 Å².